The van der Waals surface area contributed by atoms with Gasteiger partial charge in [-0.3, -0.25) is 14.5 Å². The van der Waals surface area contributed by atoms with Crippen LogP contribution in [-0.2, 0) is 14.3 Å². The molecule has 1 atom stereocenters. The van der Waals surface area contributed by atoms with Crippen molar-refractivity contribution < 1.29 is 19.4 Å². The van der Waals surface area contributed by atoms with Crippen molar-refractivity contribution in [2.45, 2.75) is 39.3 Å². The van der Waals surface area contributed by atoms with Gasteiger partial charge in [0, 0.05) is 39.0 Å². The number of carbonyl (C=O) groups excluding carboxylic acids is 2. The average Bonchev–Trinajstić information content (AvgIpc) is 3.04. The van der Waals surface area contributed by atoms with E-state index in [-0.39, 0.29) is 30.2 Å². The lowest BCUT2D eigenvalue weighted by molar-refractivity contribution is -0.143. The number of phenols is 1. The second-order valence-electron chi connectivity index (χ2n) is 8.80. The van der Waals surface area contributed by atoms with E-state index in [4.69, 9.17) is 14.7 Å². The SMILES string of the molecule is CCOC(=O)CCCC(=O)N1CCN(C2C=c3ccc(C)cc3=NC(c3ccccc3O)=N2)CC1. The highest BCUT2D eigenvalue weighted by atomic mass is 16.5. The number of aromatic hydroxyl groups is 1. The summed E-state index contributed by atoms with van der Waals surface area (Å²) in [6, 6.07) is 13.2. The molecular formula is C27H32N4O4. The Kier molecular flexibility index (Phi) is 7.92. The molecule has 0 spiro atoms. The summed E-state index contributed by atoms with van der Waals surface area (Å²) in [6.45, 7) is 6.70. The number of nitrogens with zero attached hydrogens (tertiary/aromatic N) is 4. The molecule has 1 fully saturated rings. The largest absolute Gasteiger partial charge is 0.507 e. The van der Waals surface area contributed by atoms with Crippen molar-refractivity contribution in [3.63, 3.8) is 0 Å². The predicted octanol–water partition coefficient (Wildman–Crippen LogP) is 1.76. The molecule has 8 nitrogen and oxygen atoms in total. The first-order valence-electron chi connectivity index (χ1n) is 12.2. The van der Waals surface area contributed by atoms with Crippen molar-refractivity contribution >= 4 is 23.8 Å². The molecule has 0 aromatic heterocycles. The second kappa shape index (κ2) is 11.3. The van der Waals surface area contributed by atoms with E-state index in [0.717, 1.165) is 16.1 Å². The minimum atomic E-state index is -0.265. The number of piperazine rings is 1. The van der Waals surface area contributed by atoms with Crippen LogP contribution < -0.4 is 10.6 Å². The van der Waals surface area contributed by atoms with Crippen LogP contribution in [0.3, 0.4) is 0 Å². The van der Waals surface area contributed by atoms with Gasteiger partial charge in [-0.25, -0.2) is 9.98 Å². The number of aliphatic imine (C=N–C) groups is 1. The Morgan fingerprint density at radius 1 is 1.09 bits per heavy atom. The van der Waals surface area contributed by atoms with Gasteiger partial charge in [-0.2, -0.15) is 0 Å². The second-order valence-corrected chi connectivity index (χ2v) is 8.80. The number of carbonyl (C=O) groups is 2. The van der Waals surface area contributed by atoms with Gasteiger partial charge in [-0.1, -0.05) is 24.3 Å². The van der Waals surface area contributed by atoms with Gasteiger partial charge in [0.1, 0.15) is 11.9 Å². The lowest BCUT2D eigenvalue weighted by atomic mass is 10.1. The van der Waals surface area contributed by atoms with Crippen molar-refractivity contribution in [3.8, 4) is 5.75 Å². The van der Waals surface area contributed by atoms with E-state index >= 15 is 0 Å². The highest BCUT2D eigenvalue weighted by molar-refractivity contribution is 6.02. The minimum Gasteiger partial charge on any atom is -0.507 e. The van der Waals surface area contributed by atoms with Crippen LogP contribution in [0.15, 0.2) is 52.4 Å². The molecule has 2 aliphatic rings. The van der Waals surface area contributed by atoms with Crippen LogP contribution in [-0.4, -0.2) is 71.6 Å². The number of para-hydroxylation sites is 1. The molecule has 0 aliphatic carbocycles. The van der Waals surface area contributed by atoms with Crippen molar-refractivity contribution in [1.82, 2.24) is 9.80 Å². The van der Waals surface area contributed by atoms with Crippen LogP contribution in [0.2, 0.25) is 0 Å². The number of phenolic OH excluding ortho intramolecular Hbond substituents is 1. The van der Waals surface area contributed by atoms with Gasteiger partial charge in [0.2, 0.25) is 5.91 Å². The third-order valence-corrected chi connectivity index (χ3v) is 6.26. The van der Waals surface area contributed by atoms with Gasteiger partial charge in [-0.05, 0) is 55.3 Å². The summed E-state index contributed by atoms with van der Waals surface area (Å²) in [5, 5.41) is 12.3. The number of esters is 1. The number of aryl methyl sites for hydroxylation is 1. The van der Waals surface area contributed by atoms with Gasteiger partial charge in [-0.15, -0.1) is 0 Å². The fraction of sp³-hybridized carbons (Fsp3) is 0.407. The van der Waals surface area contributed by atoms with Gasteiger partial charge in [0.15, 0.2) is 5.84 Å². The van der Waals surface area contributed by atoms with Gasteiger partial charge in [0.05, 0.1) is 17.5 Å². The molecule has 0 radical (unpaired) electrons. The van der Waals surface area contributed by atoms with E-state index in [1.807, 2.05) is 36.1 Å². The summed E-state index contributed by atoms with van der Waals surface area (Å²) >= 11 is 0. The quantitative estimate of drug-likeness (QED) is 0.615. The number of hydrogen-bond donors (Lipinski definition) is 1. The summed E-state index contributed by atoms with van der Waals surface area (Å²) in [5.41, 5.74) is 1.70. The molecule has 1 N–H and O–H groups in total. The molecule has 35 heavy (non-hydrogen) atoms. The maximum absolute atomic E-state index is 12.6. The molecule has 8 heteroatoms. The molecule has 1 unspecified atom stereocenters. The number of fused-ring (bicyclic) bond motifs is 1. The Balaban J connectivity index is 1.49. The third-order valence-electron chi connectivity index (χ3n) is 6.26. The van der Waals surface area contributed by atoms with Gasteiger partial charge >= 0.3 is 5.97 Å². The van der Waals surface area contributed by atoms with E-state index in [9.17, 15) is 14.7 Å². The maximum Gasteiger partial charge on any atom is 0.305 e. The highest BCUT2D eigenvalue weighted by Gasteiger charge is 2.26. The minimum absolute atomic E-state index is 0.0630. The number of benzene rings is 2. The first-order valence-corrected chi connectivity index (χ1v) is 12.2. The highest BCUT2D eigenvalue weighted by Crippen LogP contribution is 2.20. The van der Waals surface area contributed by atoms with Crippen LogP contribution in [0.25, 0.3) is 6.08 Å². The summed E-state index contributed by atoms with van der Waals surface area (Å²) in [5.74, 6) is 0.440. The average molecular weight is 477 g/mol. The monoisotopic (exact) mass is 476 g/mol. The van der Waals surface area contributed by atoms with E-state index in [2.05, 4.69) is 17.0 Å². The van der Waals surface area contributed by atoms with Crippen molar-refractivity contribution in [2.24, 2.45) is 9.98 Å². The Morgan fingerprint density at radius 3 is 2.60 bits per heavy atom. The van der Waals surface area contributed by atoms with Crippen molar-refractivity contribution in [3.05, 3.63) is 64.2 Å². The first-order chi connectivity index (χ1) is 16.9. The number of amidine groups is 1. The molecule has 2 aromatic carbocycles. The van der Waals surface area contributed by atoms with E-state index in [1.165, 1.54) is 0 Å². The molecule has 2 heterocycles. The molecule has 2 aromatic rings. The fourth-order valence-electron chi connectivity index (χ4n) is 4.35. The zero-order valence-corrected chi connectivity index (χ0v) is 20.3. The molecule has 184 valence electrons. The number of rotatable bonds is 7. The molecule has 4 rings (SSSR count). The van der Waals surface area contributed by atoms with Crippen LogP contribution in [0.5, 0.6) is 5.75 Å². The Bertz CT molecular complexity index is 1230. The number of amides is 1. The summed E-state index contributed by atoms with van der Waals surface area (Å²) in [7, 11) is 0. The Morgan fingerprint density at radius 2 is 1.86 bits per heavy atom. The molecule has 0 bridgehead atoms. The standard InChI is InChI=1S/C27H32N4O4/c1-3-35-26(34)10-6-9-25(33)31-15-13-30(14-16-31)24-18-20-12-11-19(2)17-22(20)28-27(29-24)21-7-4-5-8-23(21)32/h4-5,7-8,11-12,17-18,24,32H,3,6,9-10,13-16H2,1-2H3. The normalized spacial score (nSPS) is 17.9. The summed E-state index contributed by atoms with van der Waals surface area (Å²) < 4.78 is 4.93. The van der Waals surface area contributed by atoms with E-state index < -0.39 is 0 Å². The Labute approximate surface area is 205 Å². The van der Waals surface area contributed by atoms with Crippen LogP contribution in [0, 0.1) is 6.92 Å². The molecular weight excluding hydrogens is 444 g/mol. The lowest BCUT2D eigenvalue weighted by Gasteiger charge is -2.37. The van der Waals surface area contributed by atoms with E-state index in [1.54, 1.807) is 19.1 Å². The number of ether oxygens (including phenoxy) is 1. The number of hydrogen-bond acceptors (Lipinski definition) is 7. The molecule has 1 saturated heterocycles. The molecule has 1 amide bonds. The Hall–Kier alpha value is -3.52. The maximum atomic E-state index is 12.6. The first kappa shape index (κ1) is 24.6. The smallest absolute Gasteiger partial charge is 0.305 e. The summed E-state index contributed by atoms with van der Waals surface area (Å²) in [4.78, 5) is 38.0. The zero-order chi connectivity index (χ0) is 24.8. The summed E-state index contributed by atoms with van der Waals surface area (Å²) in [6.07, 6.45) is 2.94. The molecule has 0 saturated carbocycles. The van der Waals surface area contributed by atoms with Crippen LogP contribution >= 0.6 is 0 Å². The molecule has 2 aliphatic heterocycles. The van der Waals surface area contributed by atoms with Crippen molar-refractivity contribution in [1.29, 1.82) is 0 Å². The van der Waals surface area contributed by atoms with E-state index in [0.29, 0.717) is 57.0 Å². The fourth-order valence-corrected chi connectivity index (χ4v) is 4.35. The van der Waals surface area contributed by atoms with Crippen LogP contribution in [0.1, 0.15) is 37.3 Å². The van der Waals surface area contributed by atoms with Crippen molar-refractivity contribution in [2.75, 3.05) is 32.8 Å². The van der Waals surface area contributed by atoms with Crippen LogP contribution in [0.4, 0.5) is 0 Å². The third kappa shape index (κ3) is 6.14. The lowest BCUT2D eigenvalue weighted by Crippen LogP contribution is -2.51. The van der Waals surface area contributed by atoms with Gasteiger partial charge in [0.25, 0.3) is 0 Å². The zero-order valence-electron chi connectivity index (χ0n) is 20.3. The van der Waals surface area contributed by atoms with Gasteiger partial charge < -0.3 is 14.7 Å². The predicted molar refractivity (Wildman–Crippen MR) is 133 cm³/mol. The topological polar surface area (TPSA) is 94.8 Å².